The molecule has 1 atom stereocenters. The number of sulfonamides is 1. The first-order valence-electron chi connectivity index (χ1n) is 6.87. The van der Waals surface area contributed by atoms with E-state index in [1.165, 1.54) is 50.8 Å². The molecule has 0 fully saturated rings. The first-order chi connectivity index (χ1) is 11.3. The van der Waals surface area contributed by atoms with Crippen LogP contribution in [0.1, 0.15) is 17.3 Å². The van der Waals surface area contributed by atoms with Crippen LogP contribution in [0.5, 0.6) is 5.75 Å². The average molecular weight is 352 g/mol. The van der Waals surface area contributed by atoms with Crippen molar-refractivity contribution in [3.63, 3.8) is 0 Å². The zero-order valence-electron chi connectivity index (χ0n) is 13.0. The van der Waals surface area contributed by atoms with Gasteiger partial charge in [-0.3, -0.25) is 9.59 Å². The normalized spacial score (nSPS) is 12.2. The SMILES string of the molecule is COc1cccc(S(=O)(=O)NC(=O)[C@@H](C)NC(=O)c2ccoc2)c1. The first kappa shape index (κ1) is 17.5. The number of methoxy groups -OCH3 is 1. The highest BCUT2D eigenvalue weighted by molar-refractivity contribution is 7.90. The van der Waals surface area contributed by atoms with Crippen LogP contribution in [-0.4, -0.2) is 33.4 Å². The van der Waals surface area contributed by atoms with Crippen LogP contribution < -0.4 is 14.8 Å². The summed E-state index contributed by atoms with van der Waals surface area (Å²) in [5.41, 5.74) is 0.227. The maximum absolute atomic E-state index is 12.2. The number of rotatable bonds is 6. The number of benzene rings is 1. The average Bonchev–Trinajstić information content (AvgIpc) is 3.09. The Hall–Kier alpha value is -2.81. The fourth-order valence-corrected chi connectivity index (χ4v) is 2.88. The van der Waals surface area contributed by atoms with E-state index in [1.807, 2.05) is 4.72 Å². The molecule has 2 rings (SSSR count). The van der Waals surface area contributed by atoms with E-state index in [2.05, 4.69) is 5.32 Å². The van der Waals surface area contributed by atoms with E-state index in [-0.39, 0.29) is 10.5 Å². The van der Waals surface area contributed by atoms with Crippen LogP contribution in [0.4, 0.5) is 0 Å². The van der Waals surface area contributed by atoms with Gasteiger partial charge in [0.1, 0.15) is 18.1 Å². The van der Waals surface area contributed by atoms with Crippen molar-refractivity contribution in [1.29, 1.82) is 0 Å². The smallest absolute Gasteiger partial charge is 0.264 e. The molecule has 2 N–H and O–H groups in total. The van der Waals surface area contributed by atoms with Crippen LogP contribution in [-0.2, 0) is 14.8 Å². The van der Waals surface area contributed by atoms with Gasteiger partial charge < -0.3 is 14.5 Å². The Morgan fingerprint density at radius 1 is 1.25 bits per heavy atom. The molecular weight excluding hydrogens is 336 g/mol. The number of nitrogens with one attached hydrogen (secondary N) is 2. The van der Waals surface area contributed by atoms with Crippen molar-refractivity contribution in [3.05, 3.63) is 48.4 Å². The zero-order chi connectivity index (χ0) is 17.7. The number of carbonyl (C=O) groups excluding carboxylic acids is 2. The molecule has 0 saturated heterocycles. The lowest BCUT2D eigenvalue weighted by Gasteiger charge is -2.14. The highest BCUT2D eigenvalue weighted by Gasteiger charge is 2.23. The van der Waals surface area contributed by atoms with Crippen LogP contribution in [0, 0.1) is 0 Å². The van der Waals surface area contributed by atoms with Crippen molar-refractivity contribution in [2.75, 3.05) is 7.11 Å². The van der Waals surface area contributed by atoms with E-state index in [0.29, 0.717) is 5.75 Å². The number of furan rings is 1. The van der Waals surface area contributed by atoms with Crippen molar-refractivity contribution >= 4 is 21.8 Å². The minimum Gasteiger partial charge on any atom is -0.497 e. The Morgan fingerprint density at radius 3 is 2.62 bits per heavy atom. The van der Waals surface area contributed by atoms with Crippen LogP contribution in [0.25, 0.3) is 0 Å². The lowest BCUT2D eigenvalue weighted by molar-refractivity contribution is -0.120. The van der Waals surface area contributed by atoms with Gasteiger partial charge in [0.15, 0.2) is 0 Å². The Kier molecular flexibility index (Phi) is 5.24. The second kappa shape index (κ2) is 7.18. The second-order valence-electron chi connectivity index (χ2n) is 4.86. The quantitative estimate of drug-likeness (QED) is 0.799. The van der Waals surface area contributed by atoms with Gasteiger partial charge in [0.05, 0.1) is 23.8 Å². The number of ether oxygens (including phenoxy) is 1. The lowest BCUT2D eigenvalue weighted by atomic mass is 10.2. The van der Waals surface area contributed by atoms with Gasteiger partial charge in [-0.15, -0.1) is 0 Å². The topological polar surface area (TPSA) is 115 Å². The molecule has 0 aliphatic carbocycles. The predicted molar refractivity (Wildman–Crippen MR) is 84.0 cm³/mol. The number of carbonyl (C=O) groups is 2. The molecule has 2 amide bonds. The summed E-state index contributed by atoms with van der Waals surface area (Å²) in [5.74, 6) is -1.08. The molecule has 128 valence electrons. The molecule has 0 aliphatic rings. The number of hydrogen-bond acceptors (Lipinski definition) is 6. The Labute approximate surface area is 138 Å². The van der Waals surface area contributed by atoms with Gasteiger partial charge in [-0.25, -0.2) is 13.1 Å². The Bertz CT molecular complexity index is 829. The molecule has 2 aromatic rings. The summed E-state index contributed by atoms with van der Waals surface area (Å²) in [6, 6.07) is 6.04. The molecule has 0 aliphatic heterocycles. The minimum atomic E-state index is -4.08. The van der Waals surface area contributed by atoms with Gasteiger partial charge in [0, 0.05) is 6.07 Å². The van der Waals surface area contributed by atoms with Crippen molar-refractivity contribution < 1.29 is 27.2 Å². The fraction of sp³-hybridized carbons (Fsp3) is 0.200. The zero-order valence-corrected chi connectivity index (χ0v) is 13.8. The van der Waals surface area contributed by atoms with Crippen molar-refractivity contribution in [2.24, 2.45) is 0 Å². The molecule has 0 radical (unpaired) electrons. The van der Waals surface area contributed by atoms with E-state index in [1.54, 1.807) is 6.07 Å². The first-order valence-corrected chi connectivity index (χ1v) is 8.35. The van der Waals surface area contributed by atoms with Gasteiger partial charge in [-0.1, -0.05) is 6.07 Å². The van der Waals surface area contributed by atoms with E-state index >= 15 is 0 Å². The maximum atomic E-state index is 12.2. The number of amides is 2. The van der Waals surface area contributed by atoms with E-state index < -0.39 is 27.9 Å². The predicted octanol–water partition coefficient (Wildman–Crippen LogP) is 0.912. The molecule has 1 heterocycles. The molecule has 8 nitrogen and oxygen atoms in total. The lowest BCUT2D eigenvalue weighted by Crippen LogP contribution is -2.46. The van der Waals surface area contributed by atoms with E-state index in [4.69, 9.17) is 9.15 Å². The third-order valence-electron chi connectivity index (χ3n) is 3.11. The van der Waals surface area contributed by atoms with E-state index in [0.717, 1.165) is 0 Å². The summed E-state index contributed by atoms with van der Waals surface area (Å²) >= 11 is 0. The largest absolute Gasteiger partial charge is 0.497 e. The highest BCUT2D eigenvalue weighted by Crippen LogP contribution is 2.16. The Morgan fingerprint density at radius 2 is 2.00 bits per heavy atom. The van der Waals surface area contributed by atoms with Gasteiger partial charge in [-0.2, -0.15) is 0 Å². The van der Waals surface area contributed by atoms with Crippen molar-refractivity contribution in [2.45, 2.75) is 17.9 Å². The molecule has 24 heavy (non-hydrogen) atoms. The maximum Gasteiger partial charge on any atom is 0.264 e. The summed E-state index contributed by atoms with van der Waals surface area (Å²) in [7, 11) is -2.68. The summed E-state index contributed by atoms with van der Waals surface area (Å²) in [6.07, 6.45) is 2.53. The molecule has 1 aromatic heterocycles. The standard InChI is InChI=1S/C15H16N2O6S/c1-10(16-15(19)11-6-7-23-9-11)14(18)17-24(20,21)13-5-3-4-12(8-13)22-2/h3-10H,1-2H3,(H,16,19)(H,17,18)/t10-/m1/s1. The van der Waals surface area contributed by atoms with Crippen molar-refractivity contribution in [3.8, 4) is 5.75 Å². The molecule has 9 heteroatoms. The molecule has 0 unspecified atom stereocenters. The van der Waals surface area contributed by atoms with Crippen LogP contribution >= 0.6 is 0 Å². The monoisotopic (exact) mass is 352 g/mol. The van der Waals surface area contributed by atoms with Crippen LogP contribution in [0.3, 0.4) is 0 Å². The summed E-state index contributed by atoms with van der Waals surface area (Å²) in [6.45, 7) is 1.37. The second-order valence-corrected chi connectivity index (χ2v) is 6.54. The van der Waals surface area contributed by atoms with Gasteiger partial charge in [0.2, 0.25) is 0 Å². The van der Waals surface area contributed by atoms with Gasteiger partial charge in [-0.05, 0) is 25.1 Å². The van der Waals surface area contributed by atoms with Crippen LogP contribution in [0.15, 0.2) is 52.2 Å². The van der Waals surface area contributed by atoms with Gasteiger partial charge in [0.25, 0.3) is 21.8 Å². The van der Waals surface area contributed by atoms with Gasteiger partial charge >= 0.3 is 0 Å². The summed E-state index contributed by atoms with van der Waals surface area (Å²) < 4.78 is 36.1. The summed E-state index contributed by atoms with van der Waals surface area (Å²) in [5, 5.41) is 2.38. The van der Waals surface area contributed by atoms with Crippen LogP contribution in [0.2, 0.25) is 0 Å². The number of hydrogen-bond donors (Lipinski definition) is 2. The fourth-order valence-electron chi connectivity index (χ4n) is 1.79. The third kappa shape index (κ3) is 4.13. The minimum absolute atomic E-state index is 0.122. The molecule has 0 spiro atoms. The third-order valence-corrected chi connectivity index (χ3v) is 4.46. The molecule has 1 aromatic carbocycles. The molecular formula is C15H16N2O6S. The molecule has 0 bridgehead atoms. The highest BCUT2D eigenvalue weighted by atomic mass is 32.2. The Balaban J connectivity index is 2.05. The molecule has 0 saturated carbocycles. The summed E-state index contributed by atoms with van der Waals surface area (Å²) in [4.78, 5) is 23.7. The van der Waals surface area contributed by atoms with E-state index in [9.17, 15) is 18.0 Å². The van der Waals surface area contributed by atoms with Crippen molar-refractivity contribution in [1.82, 2.24) is 10.0 Å².